The molecule has 28 heavy (non-hydrogen) atoms. The summed E-state index contributed by atoms with van der Waals surface area (Å²) in [5, 5.41) is 1.11. The van der Waals surface area contributed by atoms with Gasteiger partial charge in [-0.05, 0) is 62.9 Å². The van der Waals surface area contributed by atoms with Gasteiger partial charge in [-0.3, -0.25) is 4.79 Å². The standard InChI is InChI=1S/C22H29N3O3/c1-3-24-10-12-25(13-11-24)21(26)15(2)28-22(27)16-8-9-20-18(14-16)17-6-4-5-7-19(17)23-20/h8-9,14-15,23H,3-7,10-13H2,1-2H3. The van der Waals surface area contributed by atoms with Gasteiger partial charge in [0.2, 0.25) is 0 Å². The number of aryl methyl sites for hydroxylation is 2. The second-order valence-electron chi connectivity index (χ2n) is 7.86. The molecule has 0 radical (unpaired) electrons. The first-order valence-electron chi connectivity index (χ1n) is 10.4. The molecule has 1 aromatic heterocycles. The van der Waals surface area contributed by atoms with Crippen LogP contribution in [0.2, 0.25) is 0 Å². The number of carbonyl (C=O) groups excluding carboxylic acids is 2. The SMILES string of the molecule is CCN1CCN(C(=O)C(C)OC(=O)c2ccc3[nH]c4c(c3c2)CCCC4)CC1. The van der Waals surface area contributed by atoms with Crippen molar-refractivity contribution in [2.24, 2.45) is 0 Å². The fourth-order valence-electron chi connectivity index (χ4n) is 4.35. The number of ether oxygens (including phenoxy) is 1. The minimum absolute atomic E-state index is 0.107. The predicted molar refractivity (Wildman–Crippen MR) is 109 cm³/mol. The van der Waals surface area contributed by atoms with E-state index in [0.29, 0.717) is 18.7 Å². The van der Waals surface area contributed by atoms with Crippen molar-refractivity contribution >= 4 is 22.8 Å². The number of aromatic nitrogens is 1. The zero-order valence-electron chi connectivity index (χ0n) is 16.8. The van der Waals surface area contributed by atoms with Crippen molar-refractivity contribution in [2.45, 2.75) is 45.6 Å². The molecule has 0 saturated carbocycles. The van der Waals surface area contributed by atoms with Gasteiger partial charge in [0.1, 0.15) is 0 Å². The Kier molecular flexibility index (Phi) is 5.40. The second kappa shape index (κ2) is 7.95. The molecule has 1 fully saturated rings. The van der Waals surface area contributed by atoms with E-state index in [4.69, 9.17) is 4.74 Å². The van der Waals surface area contributed by atoms with Crippen molar-refractivity contribution in [1.29, 1.82) is 0 Å². The lowest BCUT2D eigenvalue weighted by Gasteiger charge is -2.35. The summed E-state index contributed by atoms with van der Waals surface area (Å²) in [7, 11) is 0. The molecule has 2 heterocycles. The molecule has 2 aliphatic rings. The fourth-order valence-corrected chi connectivity index (χ4v) is 4.35. The normalized spacial score (nSPS) is 18.7. The zero-order chi connectivity index (χ0) is 19.7. The summed E-state index contributed by atoms with van der Waals surface area (Å²) in [5.74, 6) is -0.537. The highest BCUT2D eigenvalue weighted by atomic mass is 16.5. The fraction of sp³-hybridized carbons (Fsp3) is 0.545. The Morgan fingerprint density at radius 3 is 2.64 bits per heavy atom. The van der Waals surface area contributed by atoms with Crippen molar-refractivity contribution in [3.05, 3.63) is 35.0 Å². The molecule has 6 nitrogen and oxygen atoms in total. The summed E-state index contributed by atoms with van der Waals surface area (Å²) < 4.78 is 5.52. The second-order valence-corrected chi connectivity index (χ2v) is 7.86. The van der Waals surface area contributed by atoms with E-state index in [1.54, 1.807) is 17.9 Å². The van der Waals surface area contributed by atoms with Crippen LogP contribution >= 0.6 is 0 Å². The average Bonchev–Trinajstić information content (AvgIpc) is 3.11. The maximum Gasteiger partial charge on any atom is 0.338 e. The third-order valence-corrected chi connectivity index (χ3v) is 6.10. The Morgan fingerprint density at radius 1 is 1.14 bits per heavy atom. The van der Waals surface area contributed by atoms with Crippen molar-refractivity contribution in [1.82, 2.24) is 14.8 Å². The Hall–Kier alpha value is -2.34. The summed E-state index contributed by atoms with van der Waals surface area (Å²) in [4.78, 5) is 32.9. The predicted octanol–water partition coefficient (Wildman–Crippen LogP) is 2.76. The number of rotatable bonds is 4. The van der Waals surface area contributed by atoms with Crippen molar-refractivity contribution in [3.63, 3.8) is 0 Å². The first kappa shape index (κ1) is 19.0. The molecular formula is C22H29N3O3. The van der Waals surface area contributed by atoms with Crippen LogP contribution in [0.4, 0.5) is 0 Å². The number of esters is 1. The van der Waals surface area contributed by atoms with Gasteiger partial charge in [0.25, 0.3) is 5.91 Å². The topological polar surface area (TPSA) is 65.6 Å². The van der Waals surface area contributed by atoms with Crippen LogP contribution in [0.5, 0.6) is 0 Å². The molecule has 1 aliphatic carbocycles. The summed E-state index contributed by atoms with van der Waals surface area (Å²) in [6.07, 6.45) is 3.75. The van der Waals surface area contributed by atoms with Gasteiger partial charge in [-0.2, -0.15) is 0 Å². The molecule has 1 atom stereocenters. The number of likely N-dealkylation sites (N-methyl/N-ethyl adjacent to an activating group) is 1. The Bertz CT molecular complexity index is 881. The third-order valence-electron chi connectivity index (χ3n) is 6.10. The molecule has 1 unspecified atom stereocenters. The zero-order valence-corrected chi connectivity index (χ0v) is 16.8. The van der Waals surface area contributed by atoms with E-state index in [0.717, 1.165) is 43.4 Å². The average molecular weight is 383 g/mol. The number of piperazine rings is 1. The molecule has 1 aromatic carbocycles. The van der Waals surface area contributed by atoms with Crippen molar-refractivity contribution in [3.8, 4) is 0 Å². The van der Waals surface area contributed by atoms with E-state index in [9.17, 15) is 9.59 Å². The van der Waals surface area contributed by atoms with Gasteiger partial charge in [0.05, 0.1) is 5.56 Å². The first-order valence-corrected chi connectivity index (χ1v) is 10.4. The Morgan fingerprint density at radius 2 is 1.89 bits per heavy atom. The van der Waals surface area contributed by atoms with E-state index >= 15 is 0 Å². The molecular weight excluding hydrogens is 354 g/mol. The van der Waals surface area contributed by atoms with Crippen LogP contribution in [0.3, 0.4) is 0 Å². The molecule has 0 bridgehead atoms. The van der Waals surface area contributed by atoms with Crippen LogP contribution in [-0.2, 0) is 22.4 Å². The monoisotopic (exact) mass is 383 g/mol. The van der Waals surface area contributed by atoms with E-state index in [2.05, 4.69) is 16.8 Å². The molecule has 4 rings (SSSR count). The maximum atomic E-state index is 12.7. The third kappa shape index (κ3) is 3.65. The molecule has 1 saturated heterocycles. The lowest BCUT2D eigenvalue weighted by Crippen LogP contribution is -2.51. The number of nitrogens with one attached hydrogen (secondary N) is 1. The highest BCUT2D eigenvalue weighted by molar-refractivity contribution is 5.97. The largest absolute Gasteiger partial charge is 0.449 e. The van der Waals surface area contributed by atoms with Gasteiger partial charge in [-0.15, -0.1) is 0 Å². The molecule has 150 valence electrons. The lowest BCUT2D eigenvalue weighted by molar-refractivity contribution is -0.141. The summed E-state index contributed by atoms with van der Waals surface area (Å²) in [6, 6.07) is 5.64. The highest BCUT2D eigenvalue weighted by Crippen LogP contribution is 2.30. The van der Waals surface area contributed by atoms with Crippen LogP contribution < -0.4 is 0 Å². The highest BCUT2D eigenvalue weighted by Gasteiger charge is 2.27. The number of hydrogen-bond donors (Lipinski definition) is 1. The minimum atomic E-state index is -0.767. The van der Waals surface area contributed by atoms with Crippen molar-refractivity contribution in [2.75, 3.05) is 32.7 Å². The van der Waals surface area contributed by atoms with E-state index < -0.39 is 12.1 Å². The molecule has 0 spiro atoms. The van der Waals surface area contributed by atoms with Gasteiger partial charge >= 0.3 is 5.97 Å². The summed E-state index contributed by atoms with van der Waals surface area (Å²) in [6.45, 7) is 7.92. The summed E-state index contributed by atoms with van der Waals surface area (Å²) in [5.41, 5.74) is 4.20. The van der Waals surface area contributed by atoms with Crippen LogP contribution in [0.15, 0.2) is 18.2 Å². The number of carbonyl (C=O) groups is 2. The number of hydrogen-bond acceptors (Lipinski definition) is 4. The van der Waals surface area contributed by atoms with Crippen LogP contribution in [-0.4, -0.2) is 65.5 Å². The lowest BCUT2D eigenvalue weighted by atomic mass is 9.95. The number of nitrogens with zero attached hydrogens (tertiary/aromatic N) is 2. The van der Waals surface area contributed by atoms with Gasteiger partial charge < -0.3 is 19.5 Å². The molecule has 1 N–H and O–H groups in total. The maximum absolute atomic E-state index is 12.7. The van der Waals surface area contributed by atoms with E-state index in [-0.39, 0.29) is 5.91 Å². The smallest absolute Gasteiger partial charge is 0.338 e. The van der Waals surface area contributed by atoms with E-state index in [1.165, 1.54) is 24.1 Å². The van der Waals surface area contributed by atoms with Crippen LogP contribution in [0.25, 0.3) is 10.9 Å². The molecule has 6 heteroatoms. The first-order chi connectivity index (χ1) is 13.6. The number of fused-ring (bicyclic) bond motifs is 3. The van der Waals surface area contributed by atoms with Gasteiger partial charge in [-0.1, -0.05) is 6.92 Å². The van der Waals surface area contributed by atoms with Gasteiger partial charge in [-0.25, -0.2) is 4.79 Å². The Balaban J connectivity index is 1.43. The number of amides is 1. The Labute approximate surface area is 165 Å². The number of benzene rings is 1. The van der Waals surface area contributed by atoms with E-state index in [1.807, 2.05) is 12.1 Å². The van der Waals surface area contributed by atoms with Crippen LogP contribution in [0, 0.1) is 0 Å². The van der Waals surface area contributed by atoms with Gasteiger partial charge in [0.15, 0.2) is 6.10 Å². The molecule has 2 aromatic rings. The molecule has 1 amide bonds. The quantitative estimate of drug-likeness (QED) is 0.825. The minimum Gasteiger partial charge on any atom is -0.449 e. The number of H-pyrrole nitrogens is 1. The molecule has 1 aliphatic heterocycles. The van der Waals surface area contributed by atoms with Crippen molar-refractivity contribution < 1.29 is 14.3 Å². The van der Waals surface area contributed by atoms with Gasteiger partial charge in [0, 0.05) is 42.8 Å². The van der Waals surface area contributed by atoms with Crippen LogP contribution in [0.1, 0.15) is 48.3 Å². The number of aromatic amines is 1. The summed E-state index contributed by atoms with van der Waals surface area (Å²) >= 11 is 0.